The second-order valence-electron chi connectivity index (χ2n) is 6.85. The van der Waals surface area contributed by atoms with Crippen molar-refractivity contribution in [1.82, 2.24) is 14.3 Å². The highest BCUT2D eigenvalue weighted by molar-refractivity contribution is 7.86. The Balaban J connectivity index is 1.70. The zero-order valence-corrected chi connectivity index (χ0v) is 15.6. The molecule has 7 nitrogen and oxygen atoms in total. The number of nitrogens with one attached hydrogen (secondary N) is 1. The summed E-state index contributed by atoms with van der Waals surface area (Å²) in [4.78, 5) is 18.4. The summed E-state index contributed by atoms with van der Waals surface area (Å²) in [7, 11) is -3.75. The van der Waals surface area contributed by atoms with Gasteiger partial charge in [0.25, 0.3) is 10.2 Å². The second-order valence-corrected chi connectivity index (χ2v) is 8.30. The van der Waals surface area contributed by atoms with Gasteiger partial charge in [-0.05, 0) is 48.6 Å². The van der Waals surface area contributed by atoms with Crippen LogP contribution < -0.4 is 10.7 Å². The largest absolute Gasteiger partial charge is 0.307 e. The lowest BCUT2D eigenvalue weighted by atomic mass is 9.99. The van der Waals surface area contributed by atoms with E-state index < -0.39 is 10.2 Å². The van der Waals surface area contributed by atoms with Crippen LogP contribution in [0.1, 0.15) is 31.4 Å². The van der Waals surface area contributed by atoms with Crippen molar-refractivity contribution in [3.63, 3.8) is 0 Å². The van der Waals surface area contributed by atoms with Gasteiger partial charge in [0.1, 0.15) is 5.65 Å². The monoisotopic (exact) mass is 384 g/mol. The number of hydrogen-bond acceptors (Lipinski definition) is 4. The molecule has 1 aliphatic carbocycles. The molecule has 0 saturated heterocycles. The third kappa shape index (κ3) is 3.51. The lowest BCUT2D eigenvalue weighted by Crippen LogP contribution is -2.40. The molecular weight excluding hydrogens is 364 g/mol. The SMILES string of the molecule is CC(c1ccc(-c2ccnc3[nH]c(=O)ccc23)cc1)N(C1CC1)S(N)(=O)=O. The van der Waals surface area contributed by atoms with E-state index in [1.807, 2.05) is 37.3 Å². The molecule has 1 aromatic carbocycles. The van der Waals surface area contributed by atoms with E-state index in [4.69, 9.17) is 5.14 Å². The number of nitrogens with zero attached hydrogens (tertiary/aromatic N) is 2. The van der Waals surface area contributed by atoms with Crippen LogP contribution in [-0.4, -0.2) is 28.7 Å². The van der Waals surface area contributed by atoms with E-state index in [-0.39, 0.29) is 17.6 Å². The van der Waals surface area contributed by atoms with Crippen LogP contribution in [0.3, 0.4) is 0 Å². The Hall–Kier alpha value is -2.55. The molecule has 8 heteroatoms. The maximum atomic E-state index is 12.0. The first-order chi connectivity index (χ1) is 12.8. The number of fused-ring (bicyclic) bond motifs is 1. The number of benzene rings is 1. The van der Waals surface area contributed by atoms with Gasteiger partial charge in [-0.3, -0.25) is 4.79 Å². The van der Waals surface area contributed by atoms with Crippen molar-refractivity contribution in [2.45, 2.75) is 31.8 Å². The first kappa shape index (κ1) is 17.8. The summed E-state index contributed by atoms with van der Waals surface area (Å²) in [5.74, 6) is 0. The Bertz CT molecular complexity index is 1150. The topological polar surface area (TPSA) is 109 Å². The average molecular weight is 384 g/mol. The first-order valence-corrected chi connectivity index (χ1v) is 10.2. The number of aromatic nitrogens is 2. The molecule has 0 spiro atoms. The maximum absolute atomic E-state index is 12.0. The van der Waals surface area contributed by atoms with Crippen molar-refractivity contribution in [3.8, 4) is 11.1 Å². The molecule has 3 N–H and O–H groups in total. The molecule has 0 aliphatic heterocycles. The highest BCUT2D eigenvalue weighted by atomic mass is 32.2. The summed E-state index contributed by atoms with van der Waals surface area (Å²) in [6.45, 7) is 1.85. The predicted molar refractivity (Wildman–Crippen MR) is 104 cm³/mol. The second kappa shape index (κ2) is 6.56. The van der Waals surface area contributed by atoms with Crippen molar-refractivity contribution in [2.75, 3.05) is 0 Å². The Morgan fingerprint density at radius 2 is 1.85 bits per heavy atom. The summed E-state index contributed by atoms with van der Waals surface area (Å²) < 4.78 is 25.3. The van der Waals surface area contributed by atoms with E-state index in [9.17, 15) is 13.2 Å². The Kier molecular flexibility index (Phi) is 4.33. The van der Waals surface area contributed by atoms with Gasteiger partial charge in [0.05, 0.1) is 0 Å². The minimum absolute atomic E-state index is 0.00404. The number of aromatic amines is 1. The number of H-pyrrole nitrogens is 1. The van der Waals surface area contributed by atoms with Gasteiger partial charge in [0.2, 0.25) is 5.56 Å². The molecule has 27 heavy (non-hydrogen) atoms. The number of hydrogen-bond donors (Lipinski definition) is 2. The summed E-state index contributed by atoms with van der Waals surface area (Å²) in [5, 5.41) is 6.27. The molecule has 1 atom stereocenters. The fraction of sp³-hybridized carbons (Fsp3) is 0.263. The van der Waals surface area contributed by atoms with Crippen LogP contribution >= 0.6 is 0 Å². The van der Waals surface area contributed by atoms with Crippen molar-refractivity contribution in [1.29, 1.82) is 0 Å². The molecule has 2 aromatic heterocycles. The van der Waals surface area contributed by atoms with E-state index in [1.165, 1.54) is 10.4 Å². The maximum Gasteiger partial charge on any atom is 0.277 e. The van der Waals surface area contributed by atoms with Crippen LogP contribution in [0.5, 0.6) is 0 Å². The quantitative estimate of drug-likeness (QED) is 0.703. The van der Waals surface area contributed by atoms with Gasteiger partial charge in [-0.15, -0.1) is 0 Å². The summed E-state index contributed by atoms with van der Waals surface area (Å²) in [5.41, 5.74) is 3.12. The predicted octanol–water partition coefficient (Wildman–Crippen LogP) is 2.32. The summed E-state index contributed by atoms with van der Waals surface area (Å²) in [6, 6.07) is 12.5. The van der Waals surface area contributed by atoms with Crippen LogP contribution in [0.15, 0.2) is 53.5 Å². The molecule has 0 bridgehead atoms. The lowest BCUT2D eigenvalue weighted by molar-refractivity contribution is 0.334. The third-order valence-electron chi connectivity index (χ3n) is 4.92. The molecular formula is C19H20N4O3S. The third-order valence-corrected chi connectivity index (χ3v) is 6.12. The van der Waals surface area contributed by atoms with Gasteiger partial charge in [-0.25, -0.2) is 10.1 Å². The van der Waals surface area contributed by atoms with Gasteiger partial charge in [0, 0.05) is 29.7 Å². The van der Waals surface area contributed by atoms with Gasteiger partial charge >= 0.3 is 0 Å². The van der Waals surface area contributed by atoms with Gasteiger partial charge in [-0.1, -0.05) is 24.3 Å². The molecule has 1 unspecified atom stereocenters. The average Bonchev–Trinajstić information content (AvgIpc) is 3.44. The molecule has 4 rings (SSSR count). The van der Waals surface area contributed by atoms with Gasteiger partial charge in [0.15, 0.2) is 0 Å². The van der Waals surface area contributed by atoms with E-state index in [1.54, 1.807) is 12.3 Å². The fourth-order valence-corrected chi connectivity index (χ4v) is 4.66. The van der Waals surface area contributed by atoms with E-state index in [2.05, 4.69) is 9.97 Å². The zero-order valence-electron chi connectivity index (χ0n) is 14.8. The van der Waals surface area contributed by atoms with Crippen LogP contribution in [0.4, 0.5) is 0 Å². The molecule has 1 aliphatic rings. The summed E-state index contributed by atoms with van der Waals surface area (Å²) >= 11 is 0. The van der Waals surface area contributed by atoms with Crippen LogP contribution in [0, 0.1) is 0 Å². The fourth-order valence-electron chi connectivity index (χ4n) is 3.47. The molecule has 1 saturated carbocycles. The molecule has 0 amide bonds. The van der Waals surface area contributed by atoms with E-state index in [0.29, 0.717) is 5.65 Å². The lowest BCUT2D eigenvalue weighted by Gasteiger charge is -2.26. The van der Waals surface area contributed by atoms with Crippen molar-refractivity contribution < 1.29 is 8.42 Å². The minimum atomic E-state index is -3.75. The molecule has 140 valence electrons. The Morgan fingerprint density at radius 1 is 1.15 bits per heavy atom. The number of pyridine rings is 2. The molecule has 0 radical (unpaired) electrons. The van der Waals surface area contributed by atoms with Crippen LogP contribution in [0.25, 0.3) is 22.2 Å². The van der Waals surface area contributed by atoms with Crippen molar-refractivity contribution in [2.24, 2.45) is 5.14 Å². The van der Waals surface area contributed by atoms with E-state index in [0.717, 1.165) is 34.9 Å². The first-order valence-electron chi connectivity index (χ1n) is 8.74. The standard InChI is InChI=1S/C19H20N4O3S/c1-12(23(15-6-7-15)27(20,25)26)13-2-4-14(5-3-13)16-10-11-21-19-17(16)8-9-18(24)22-19/h2-5,8-12,15H,6-7H2,1H3,(H2,20,25,26)(H,21,22,24). The van der Waals surface area contributed by atoms with Crippen LogP contribution in [-0.2, 0) is 10.2 Å². The molecule has 1 fully saturated rings. The number of nitrogens with two attached hydrogens (primary N) is 1. The highest BCUT2D eigenvalue weighted by Gasteiger charge is 2.39. The number of rotatable bonds is 5. The Morgan fingerprint density at radius 3 is 2.48 bits per heavy atom. The van der Waals surface area contributed by atoms with E-state index >= 15 is 0 Å². The van der Waals surface area contributed by atoms with Crippen molar-refractivity contribution in [3.05, 3.63) is 64.6 Å². The Labute approximate surface area is 157 Å². The van der Waals surface area contributed by atoms with Gasteiger partial charge < -0.3 is 4.98 Å². The highest BCUT2D eigenvalue weighted by Crippen LogP contribution is 2.36. The van der Waals surface area contributed by atoms with Crippen LogP contribution in [0.2, 0.25) is 0 Å². The molecule has 3 aromatic rings. The summed E-state index contributed by atoms with van der Waals surface area (Å²) in [6.07, 6.45) is 3.35. The van der Waals surface area contributed by atoms with Crippen molar-refractivity contribution >= 4 is 21.2 Å². The normalized spacial score (nSPS) is 16.0. The smallest absolute Gasteiger partial charge is 0.277 e. The molecule has 2 heterocycles. The zero-order chi connectivity index (χ0) is 19.2. The minimum Gasteiger partial charge on any atom is -0.307 e. The van der Waals surface area contributed by atoms with Gasteiger partial charge in [-0.2, -0.15) is 12.7 Å².